The van der Waals surface area contributed by atoms with Crippen LogP contribution in [0, 0.1) is 17.2 Å². The van der Waals surface area contributed by atoms with Crippen LogP contribution < -0.4 is 10.6 Å². The van der Waals surface area contributed by atoms with Crippen LogP contribution in [0.3, 0.4) is 0 Å². The van der Waals surface area contributed by atoms with Crippen LogP contribution in [0.5, 0.6) is 0 Å². The van der Waals surface area contributed by atoms with Crippen LogP contribution in [0.2, 0.25) is 0 Å². The molecule has 0 saturated heterocycles. The molecule has 5 rings (SSSR count). The zero-order valence-corrected chi connectivity index (χ0v) is 22.0. The zero-order valence-electron chi connectivity index (χ0n) is 22.0. The van der Waals surface area contributed by atoms with Gasteiger partial charge in [-0.3, -0.25) is 9.78 Å². The molecule has 2 heterocycles. The summed E-state index contributed by atoms with van der Waals surface area (Å²) in [6, 6.07) is 8.04. The van der Waals surface area contributed by atoms with E-state index in [1.165, 1.54) is 0 Å². The van der Waals surface area contributed by atoms with Crippen LogP contribution in [0.25, 0.3) is 22.0 Å². The number of hydrogen-bond donors (Lipinski definition) is 2. The van der Waals surface area contributed by atoms with Gasteiger partial charge in [0.2, 0.25) is 5.82 Å². The number of amides is 1. The van der Waals surface area contributed by atoms with Gasteiger partial charge in [-0.25, -0.2) is 14.8 Å². The van der Waals surface area contributed by atoms with Crippen molar-refractivity contribution < 1.29 is 14.3 Å². The fraction of sp³-hybridized carbons (Fsp3) is 0.448. The number of nitrogens with one attached hydrogen (secondary N) is 2. The monoisotopic (exact) mass is 512 g/mol. The molecule has 9 nitrogen and oxygen atoms in total. The summed E-state index contributed by atoms with van der Waals surface area (Å²) in [7, 11) is 0. The molecule has 0 aliphatic heterocycles. The number of anilines is 1. The fourth-order valence-electron chi connectivity index (χ4n) is 4.88. The van der Waals surface area contributed by atoms with E-state index >= 15 is 0 Å². The summed E-state index contributed by atoms with van der Waals surface area (Å²) >= 11 is 0. The lowest BCUT2D eigenvalue weighted by Gasteiger charge is -2.31. The van der Waals surface area contributed by atoms with Gasteiger partial charge in [-0.2, -0.15) is 5.26 Å². The topological polar surface area (TPSA) is 130 Å². The Hall–Kier alpha value is -4.06. The van der Waals surface area contributed by atoms with Crippen LogP contribution in [0.15, 0.2) is 36.8 Å². The quantitative estimate of drug-likeness (QED) is 0.420. The molecule has 0 atom stereocenters. The van der Waals surface area contributed by atoms with Crippen molar-refractivity contribution >= 4 is 28.5 Å². The number of aromatic nitrogens is 3. The van der Waals surface area contributed by atoms with E-state index in [0.29, 0.717) is 5.56 Å². The number of carbonyl (C=O) groups is 2. The molecule has 0 unspecified atom stereocenters. The normalized spacial score (nSPS) is 19.4. The minimum Gasteiger partial charge on any atom is -0.444 e. The number of ether oxygens (including phenoxy) is 1. The summed E-state index contributed by atoms with van der Waals surface area (Å²) in [6.07, 6.45) is 9.75. The van der Waals surface area contributed by atoms with Crippen molar-refractivity contribution in [3.8, 4) is 17.2 Å². The maximum Gasteiger partial charge on any atom is 0.407 e. The predicted octanol–water partition coefficient (Wildman–Crippen LogP) is 5.40. The number of pyridine rings is 1. The number of nitriles is 1. The number of alkyl carbamates (subject to hydrolysis) is 1. The van der Waals surface area contributed by atoms with Gasteiger partial charge in [-0.15, -0.1) is 0 Å². The van der Waals surface area contributed by atoms with E-state index in [9.17, 15) is 9.59 Å². The number of nitrogens with zero attached hydrogens (tertiary/aromatic N) is 4. The second kappa shape index (κ2) is 10.4. The molecule has 3 aromatic rings. The molecule has 1 aromatic carbocycles. The molecule has 2 aliphatic carbocycles. The Morgan fingerprint density at radius 1 is 0.947 bits per heavy atom. The Morgan fingerprint density at radius 3 is 2.26 bits per heavy atom. The number of fused-ring (bicyclic) bond motifs is 1. The standard InChI is InChI=1S/C29H32N6O3/c1-29(2,3)38-28(37)35-21-9-7-20(8-10-21)34-26-22-12-18(19-14-32-25(13-30)33-15-19)6-11-24(22)31-16-23(26)27(36)17-4-5-17/h6,11-12,14-17,20-21H,4-5,7-10H2,1-3H3,(H,31,34)(H,35,37). The lowest BCUT2D eigenvalue weighted by atomic mass is 9.90. The first-order chi connectivity index (χ1) is 18.2. The molecule has 2 saturated carbocycles. The molecule has 2 aliphatic rings. The van der Waals surface area contributed by atoms with Crippen LogP contribution >= 0.6 is 0 Å². The van der Waals surface area contributed by atoms with Gasteiger partial charge >= 0.3 is 6.09 Å². The average Bonchev–Trinajstić information content (AvgIpc) is 3.74. The Bertz CT molecular complexity index is 1390. The fourth-order valence-corrected chi connectivity index (χ4v) is 4.88. The van der Waals surface area contributed by atoms with E-state index in [-0.39, 0.29) is 35.7 Å². The van der Waals surface area contributed by atoms with Crippen molar-refractivity contribution in [2.45, 2.75) is 77.0 Å². The minimum absolute atomic E-state index is 0.0626. The second-order valence-electron chi connectivity index (χ2n) is 11.2. The molecule has 2 fully saturated rings. The van der Waals surface area contributed by atoms with Gasteiger partial charge in [-0.1, -0.05) is 6.07 Å². The van der Waals surface area contributed by atoms with E-state index in [1.807, 2.05) is 45.0 Å². The SMILES string of the molecule is CC(C)(C)OC(=O)NC1CCC(Nc2c(C(=O)C3CC3)cnc3ccc(-c4cnc(C#N)nc4)cc23)CC1. The minimum atomic E-state index is -0.529. The zero-order chi connectivity index (χ0) is 26.9. The number of carbonyl (C=O) groups excluding carboxylic acids is 2. The molecule has 38 heavy (non-hydrogen) atoms. The Balaban J connectivity index is 1.39. The highest BCUT2D eigenvalue weighted by atomic mass is 16.6. The van der Waals surface area contributed by atoms with Crippen LogP contribution in [0.4, 0.5) is 10.5 Å². The van der Waals surface area contributed by atoms with E-state index in [4.69, 9.17) is 10.00 Å². The van der Waals surface area contributed by atoms with Gasteiger partial charge in [0, 0.05) is 47.5 Å². The third-order valence-electron chi connectivity index (χ3n) is 6.96. The largest absolute Gasteiger partial charge is 0.444 e. The van der Waals surface area contributed by atoms with E-state index in [2.05, 4.69) is 25.6 Å². The highest BCUT2D eigenvalue weighted by Gasteiger charge is 2.33. The number of hydrogen-bond acceptors (Lipinski definition) is 8. The van der Waals surface area contributed by atoms with Gasteiger partial charge in [0.05, 0.1) is 16.8 Å². The van der Waals surface area contributed by atoms with Gasteiger partial charge < -0.3 is 15.4 Å². The first-order valence-electron chi connectivity index (χ1n) is 13.2. The molecule has 2 N–H and O–H groups in total. The summed E-state index contributed by atoms with van der Waals surface area (Å²) < 4.78 is 5.41. The van der Waals surface area contributed by atoms with Crippen molar-refractivity contribution in [3.63, 3.8) is 0 Å². The van der Waals surface area contributed by atoms with Gasteiger partial charge in [-0.05, 0) is 77.0 Å². The van der Waals surface area contributed by atoms with Crippen molar-refractivity contribution in [2.24, 2.45) is 5.92 Å². The average molecular weight is 513 g/mol. The number of rotatable bonds is 6. The number of benzene rings is 1. The molecule has 9 heteroatoms. The van der Waals surface area contributed by atoms with Crippen molar-refractivity contribution in [3.05, 3.63) is 48.2 Å². The first-order valence-corrected chi connectivity index (χ1v) is 13.2. The molecule has 196 valence electrons. The highest BCUT2D eigenvalue weighted by Crippen LogP contribution is 2.38. The summed E-state index contributed by atoms with van der Waals surface area (Å²) in [6.45, 7) is 5.56. The van der Waals surface area contributed by atoms with Gasteiger partial charge in [0.25, 0.3) is 0 Å². The van der Waals surface area contributed by atoms with Crippen LogP contribution in [-0.2, 0) is 4.74 Å². The maximum atomic E-state index is 13.2. The van der Waals surface area contributed by atoms with Crippen LogP contribution in [0.1, 0.15) is 75.5 Å². The second-order valence-corrected chi connectivity index (χ2v) is 11.2. The molecular weight excluding hydrogens is 480 g/mol. The summed E-state index contributed by atoms with van der Waals surface area (Å²) in [5, 5.41) is 16.6. The van der Waals surface area contributed by atoms with Gasteiger partial charge in [0.1, 0.15) is 11.7 Å². The third-order valence-corrected chi connectivity index (χ3v) is 6.96. The Kier molecular flexibility index (Phi) is 6.98. The van der Waals surface area contributed by atoms with Crippen molar-refractivity contribution in [2.75, 3.05) is 5.32 Å². The van der Waals surface area contributed by atoms with E-state index in [1.54, 1.807) is 18.6 Å². The molecule has 2 aromatic heterocycles. The number of ketones is 1. The third kappa shape index (κ3) is 5.91. The van der Waals surface area contributed by atoms with Gasteiger partial charge in [0.15, 0.2) is 5.78 Å². The lowest BCUT2D eigenvalue weighted by Crippen LogP contribution is -2.42. The van der Waals surface area contributed by atoms with Crippen LogP contribution in [-0.4, -0.2) is 44.5 Å². The molecule has 0 bridgehead atoms. The molecule has 0 spiro atoms. The number of Topliss-reactive ketones (excluding diaryl/α,β-unsaturated/α-hetero) is 1. The Morgan fingerprint density at radius 2 is 1.63 bits per heavy atom. The van der Waals surface area contributed by atoms with Crippen molar-refractivity contribution in [1.82, 2.24) is 20.3 Å². The molecule has 1 amide bonds. The predicted molar refractivity (Wildman–Crippen MR) is 144 cm³/mol. The summed E-state index contributed by atoms with van der Waals surface area (Å²) in [4.78, 5) is 38.2. The summed E-state index contributed by atoms with van der Waals surface area (Å²) in [5.41, 5.74) is 3.36. The summed E-state index contributed by atoms with van der Waals surface area (Å²) in [5.74, 6) is 0.320. The Labute approximate surface area is 222 Å². The lowest BCUT2D eigenvalue weighted by molar-refractivity contribution is 0.0492. The molecular formula is C29H32N6O3. The first kappa shape index (κ1) is 25.6. The highest BCUT2D eigenvalue weighted by molar-refractivity contribution is 6.10. The van der Waals surface area contributed by atoms with E-state index in [0.717, 1.165) is 66.2 Å². The molecule has 0 radical (unpaired) electrons. The maximum absolute atomic E-state index is 13.2. The van der Waals surface area contributed by atoms with Crippen molar-refractivity contribution in [1.29, 1.82) is 5.26 Å². The van der Waals surface area contributed by atoms with E-state index < -0.39 is 5.60 Å². The smallest absolute Gasteiger partial charge is 0.407 e.